The Kier molecular flexibility index (Phi) is 4.48. The minimum Gasteiger partial charge on any atom is -0.206 e. The number of hydrogen-bond donors (Lipinski definition) is 0. The maximum atomic E-state index is 13.4. The first kappa shape index (κ1) is 12.9. The van der Waals surface area contributed by atoms with Crippen LogP contribution in [0.2, 0.25) is 0 Å². The summed E-state index contributed by atoms with van der Waals surface area (Å²) in [5.74, 6) is 0.321. The predicted molar refractivity (Wildman–Crippen MR) is 72.0 cm³/mol. The van der Waals surface area contributed by atoms with E-state index < -0.39 is 0 Å². The fraction of sp³-hybridized carbons (Fsp3) is 0.273. The van der Waals surface area contributed by atoms with Crippen molar-refractivity contribution in [2.75, 3.05) is 5.88 Å². The highest BCUT2D eigenvalue weighted by molar-refractivity contribution is 9.10. The van der Waals surface area contributed by atoms with Gasteiger partial charge in [-0.05, 0) is 34.5 Å². The van der Waals surface area contributed by atoms with Crippen molar-refractivity contribution in [2.24, 2.45) is 0 Å². The number of hydrogen-bond acceptors (Lipinski definition) is 3. The zero-order chi connectivity index (χ0) is 12.3. The molecule has 1 aromatic carbocycles. The molecule has 0 fully saturated rings. The van der Waals surface area contributed by atoms with Gasteiger partial charge in [0.1, 0.15) is 15.8 Å². The van der Waals surface area contributed by atoms with Gasteiger partial charge in [-0.25, -0.2) is 4.39 Å². The maximum Gasteiger partial charge on any atom is 0.147 e. The number of aryl methyl sites for hydroxylation is 1. The minimum atomic E-state index is -0.292. The van der Waals surface area contributed by atoms with E-state index in [0.29, 0.717) is 10.4 Å². The van der Waals surface area contributed by atoms with Gasteiger partial charge in [-0.2, -0.15) is 0 Å². The lowest BCUT2D eigenvalue weighted by atomic mass is 10.2. The van der Waals surface area contributed by atoms with Gasteiger partial charge in [-0.3, -0.25) is 0 Å². The third-order valence-electron chi connectivity index (χ3n) is 2.16. The van der Waals surface area contributed by atoms with Crippen LogP contribution in [0.1, 0.15) is 11.4 Å². The Hall–Kier alpha value is -0.520. The van der Waals surface area contributed by atoms with Crippen LogP contribution in [0.5, 0.6) is 0 Å². The van der Waals surface area contributed by atoms with E-state index in [9.17, 15) is 4.39 Å². The molecule has 0 radical (unpaired) electrons. The number of nitrogens with zero attached hydrogens (tertiary/aromatic N) is 2. The van der Waals surface area contributed by atoms with Gasteiger partial charge < -0.3 is 0 Å². The third-order valence-corrected chi connectivity index (χ3v) is 4.10. The molecule has 0 saturated heterocycles. The monoisotopic (exact) mass is 334 g/mol. The molecule has 2 rings (SSSR count). The molecular weight excluding hydrogens is 327 g/mol. The molecule has 0 N–H and O–H groups in total. The number of rotatable bonds is 4. The summed E-state index contributed by atoms with van der Waals surface area (Å²) in [6, 6.07) is 4.94. The van der Waals surface area contributed by atoms with E-state index in [1.165, 1.54) is 17.4 Å². The highest BCUT2D eigenvalue weighted by Gasteiger charge is 2.08. The van der Waals surface area contributed by atoms with Gasteiger partial charge in [0, 0.05) is 17.9 Å². The summed E-state index contributed by atoms with van der Waals surface area (Å²) < 4.78 is 13.8. The Bertz CT molecular complexity index is 518. The highest BCUT2D eigenvalue weighted by atomic mass is 79.9. The van der Waals surface area contributed by atoms with E-state index in [2.05, 4.69) is 26.1 Å². The van der Waals surface area contributed by atoms with E-state index in [0.717, 1.165) is 28.4 Å². The highest BCUT2D eigenvalue weighted by Crippen LogP contribution is 2.27. The van der Waals surface area contributed by atoms with Crippen LogP contribution in [-0.4, -0.2) is 16.1 Å². The third kappa shape index (κ3) is 3.24. The Morgan fingerprint density at radius 1 is 1.35 bits per heavy atom. The van der Waals surface area contributed by atoms with Crippen molar-refractivity contribution >= 4 is 38.9 Å². The average Bonchev–Trinajstić information content (AvgIpc) is 2.79. The largest absolute Gasteiger partial charge is 0.206 e. The van der Waals surface area contributed by atoms with Gasteiger partial charge >= 0.3 is 0 Å². The molecule has 17 heavy (non-hydrogen) atoms. The van der Waals surface area contributed by atoms with E-state index in [4.69, 9.17) is 11.6 Å². The van der Waals surface area contributed by atoms with Crippen LogP contribution < -0.4 is 0 Å². The predicted octanol–water partition coefficient (Wildman–Crippen LogP) is 4.28. The smallest absolute Gasteiger partial charge is 0.147 e. The number of alkyl halides is 1. The van der Waals surface area contributed by atoms with Crippen LogP contribution in [0.25, 0.3) is 10.6 Å². The molecular formula is C11H9BrClFN2S. The van der Waals surface area contributed by atoms with Crippen molar-refractivity contribution in [1.29, 1.82) is 0 Å². The van der Waals surface area contributed by atoms with Gasteiger partial charge in [-0.1, -0.05) is 17.4 Å². The maximum absolute atomic E-state index is 13.4. The molecule has 0 aliphatic heterocycles. The standard InChI is InChI=1S/C11H9BrClFN2S/c12-8-4-3-7(6-9(8)14)11-16-15-10(17-11)2-1-5-13/h3-4,6H,1-2,5H2. The van der Waals surface area contributed by atoms with Crippen LogP contribution >= 0.6 is 38.9 Å². The van der Waals surface area contributed by atoms with E-state index in [1.807, 2.05) is 6.07 Å². The fourth-order valence-electron chi connectivity index (χ4n) is 1.32. The Labute approximate surface area is 116 Å². The lowest BCUT2D eigenvalue weighted by Gasteiger charge is -1.97. The zero-order valence-corrected chi connectivity index (χ0v) is 11.9. The molecule has 0 bridgehead atoms. The number of aromatic nitrogens is 2. The Balaban J connectivity index is 2.21. The molecule has 0 spiro atoms. The Morgan fingerprint density at radius 2 is 2.18 bits per heavy atom. The molecule has 0 saturated carbocycles. The lowest BCUT2D eigenvalue weighted by Crippen LogP contribution is -1.84. The average molecular weight is 336 g/mol. The summed E-state index contributed by atoms with van der Waals surface area (Å²) in [6.45, 7) is 0. The van der Waals surface area contributed by atoms with Gasteiger partial charge in [0.2, 0.25) is 0 Å². The summed E-state index contributed by atoms with van der Waals surface area (Å²) in [6.07, 6.45) is 1.70. The topological polar surface area (TPSA) is 25.8 Å². The Morgan fingerprint density at radius 3 is 2.88 bits per heavy atom. The van der Waals surface area contributed by atoms with Crippen LogP contribution in [0.15, 0.2) is 22.7 Å². The molecule has 2 nitrogen and oxygen atoms in total. The first-order valence-corrected chi connectivity index (χ1v) is 7.19. The minimum absolute atomic E-state index is 0.292. The quantitative estimate of drug-likeness (QED) is 0.779. The zero-order valence-electron chi connectivity index (χ0n) is 8.79. The normalized spacial score (nSPS) is 10.8. The first-order chi connectivity index (χ1) is 8.20. The molecule has 90 valence electrons. The molecule has 1 heterocycles. The SMILES string of the molecule is Fc1cc(-c2nnc(CCCCl)s2)ccc1Br. The lowest BCUT2D eigenvalue weighted by molar-refractivity contribution is 0.621. The summed E-state index contributed by atoms with van der Waals surface area (Å²) in [7, 11) is 0. The van der Waals surface area contributed by atoms with Crippen molar-refractivity contribution in [3.8, 4) is 10.6 Å². The van der Waals surface area contributed by atoms with E-state index in [1.54, 1.807) is 6.07 Å². The second-order valence-corrected chi connectivity index (χ2v) is 5.72. The van der Waals surface area contributed by atoms with Crippen molar-refractivity contribution < 1.29 is 4.39 Å². The molecule has 0 aliphatic carbocycles. The summed E-state index contributed by atoms with van der Waals surface area (Å²) in [5.41, 5.74) is 0.750. The molecule has 0 amide bonds. The fourth-order valence-corrected chi connectivity index (χ4v) is 2.58. The van der Waals surface area contributed by atoms with Crippen molar-refractivity contribution in [1.82, 2.24) is 10.2 Å². The van der Waals surface area contributed by atoms with Crippen LogP contribution in [0.4, 0.5) is 4.39 Å². The number of benzene rings is 1. The van der Waals surface area contributed by atoms with Crippen molar-refractivity contribution in [3.63, 3.8) is 0 Å². The first-order valence-electron chi connectivity index (χ1n) is 5.04. The van der Waals surface area contributed by atoms with Gasteiger partial charge in [0.15, 0.2) is 0 Å². The molecule has 2 aromatic rings. The van der Waals surface area contributed by atoms with Crippen molar-refractivity contribution in [2.45, 2.75) is 12.8 Å². The molecule has 6 heteroatoms. The van der Waals surface area contributed by atoms with Gasteiger partial charge in [0.25, 0.3) is 0 Å². The molecule has 0 atom stereocenters. The van der Waals surface area contributed by atoms with Crippen LogP contribution in [0.3, 0.4) is 0 Å². The van der Waals surface area contributed by atoms with Gasteiger partial charge in [0.05, 0.1) is 4.47 Å². The van der Waals surface area contributed by atoms with Crippen LogP contribution in [-0.2, 0) is 6.42 Å². The number of halogens is 3. The molecule has 0 aliphatic rings. The summed E-state index contributed by atoms with van der Waals surface area (Å²) in [4.78, 5) is 0. The molecule has 1 aromatic heterocycles. The van der Waals surface area contributed by atoms with Gasteiger partial charge in [-0.15, -0.1) is 21.8 Å². The van der Waals surface area contributed by atoms with Crippen molar-refractivity contribution in [3.05, 3.63) is 33.5 Å². The summed E-state index contributed by atoms with van der Waals surface area (Å²) >= 11 is 10.2. The van der Waals surface area contributed by atoms with E-state index in [-0.39, 0.29) is 5.82 Å². The summed E-state index contributed by atoms with van der Waals surface area (Å²) in [5, 5.41) is 9.78. The second-order valence-electron chi connectivity index (χ2n) is 3.42. The second kappa shape index (κ2) is 5.89. The van der Waals surface area contributed by atoms with Crippen LogP contribution in [0, 0.1) is 5.82 Å². The molecule has 0 unspecified atom stereocenters. The van der Waals surface area contributed by atoms with E-state index >= 15 is 0 Å².